The number of benzene rings is 1. The van der Waals surface area contributed by atoms with Gasteiger partial charge in [0.05, 0.1) is 22.3 Å². The molecule has 5 rings (SSSR count). The Morgan fingerprint density at radius 3 is 2.84 bits per heavy atom. The fourth-order valence-electron chi connectivity index (χ4n) is 4.78. The number of carbonyl (C=O) groups is 2. The van der Waals surface area contributed by atoms with E-state index in [1.54, 1.807) is 33.9 Å². The first-order valence-corrected chi connectivity index (χ1v) is 10.7. The molecule has 1 saturated carbocycles. The maximum Gasteiger partial charge on any atom is 0.256 e. The quantitative estimate of drug-likeness (QED) is 0.673. The number of hydrogen-bond acceptors (Lipinski definition) is 4. The summed E-state index contributed by atoms with van der Waals surface area (Å²) in [5.74, 6) is -0.586. The number of nitrogens with one attached hydrogen (secondary N) is 1. The number of amides is 2. The van der Waals surface area contributed by atoms with Crippen LogP contribution in [0.25, 0.3) is 5.65 Å². The molecule has 3 heterocycles. The Morgan fingerprint density at radius 1 is 1.26 bits per heavy atom. The summed E-state index contributed by atoms with van der Waals surface area (Å²) in [7, 11) is 0. The van der Waals surface area contributed by atoms with Crippen molar-refractivity contribution in [3.8, 4) is 0 Å². The van der Waals surface area contributed by atoms with Gasteiger partial charge in [0.25, 0.3) is 5.91 Å². The third-order valence-corrected chi connectivity index (χ3v) is 6.82. The zero-order valence-corrected chi connectivity index (χ0v) is 17.5. The second-order valence-electron chi connectivity index (χ2n) is 8.28. The molecule has 0 bridgehead atoms. The molecule has 0 unspecified atom stereocenters. The van der Waals surface area contributed by atoms with Crippen LogP contribution in [0.5, 0.6) is 0 Å². The number of fused-ring (bicyclic) bond motifs is 1. The van der Waals surface area contributed by atoms with Gasteiger partial charge < -0.3 is 10.2 Å². The summed E-state index contributed by atoms with van der Waals surface area (Å²) in [5.41, 5.74) is 1.08. The monoisotopic (exact) mass is 441 g/mol. The molecular formula is C22H21ClFN5O2. The summed E-state index contributed by atoms with van der Waals surface area (Å²) in [6.07, 6.45) is 8.45. The molecule has 1 N–H and O–H groups in total. The maximum absolute atomic E-state index is 13.4. The molecule has 9 heteroatoms. The number of anilines is 1. The molecule has 2 aliphatic rings. The highest BCUT2D eigenvalue weighted by Gasteiger charge is 2.49. The first-order valence-electron chi connectivity index (χ1n) is 10.3. The van der Waals surface area contributed by atoms with Crippen molar-refractivity contribution >= 4 is 34.7 Å². The number of aromatic nitrogens is 3. The van der Waals surface area contributed by atoms with E-state index in [4.69, 9.17) is 11.6 Å². The Morgan fingerprint density at radius 2 is 2.06 bits per heavy atom. The second-order valence-corrected chi connectivity index (χ2v) is 8.68. The summed E-state index contributed by atoms with van der Waals surface area (Å²) in [4.78, 5) is 31.9. The lowest BCUT2D eigenvalue weighted by Gasteiger charge is -2.36. The van der Waals surface area contributed by atoms with E-state index in [1.165, 1.54) is 18.3 Å². The number of halogens is 2. The van der Waals surface area contributed by atoms with Crippen LogP contribution in [0.15, 0.2) is 42.9 Å². The Labute approximate surface area is 183 Å². The highest BCUT2D eigenvalue weighted by atomic mass is 35.5. The van der Waals surface area contributed by atoms with Crippen molar-refractivity contribution in [2.75, 3.05) is 11.4 Å². The molecule has 1 aliphatic carbocycles. The third kappa shape index (κ3) is 3.44. The number of rotatable bonds is 3. The minimum Gasteiger partial charge on any atom is -0.349 e. The van der Waals surface area contributed by atoms with Gasteiger partial charge in [0.2, 0.25) is 5.91 Å². The van der Waals surface area contributed by atoms with Crippen molar-refractivity contribution in [3.63, 3.8) is 0 Å². The van der Waals surface area contributed by atoms with Gasteiger partial charge in [-0.25, -0.2) is 13.9 Å². The maximum atomic E-state index is 13.4. The Bertz CT molecular complexity index is 1170. The summed E-state index contributed by atoms with van der Waals surface area (Å²) in [6, 6.07) is 5.86. The lowest BCUT2D eigenvalue weighted by molar-refractivity contribution is -0.127. The lowest BCUT2D eigenvalue weighted by Crippen LogP contribution is -2.43. The zero-order valence-electron chi connectivity index (χ0n) is 16.7. The normalized spacial score (nSPS) is 23.6. The minimum absolute atomic E-state index is 0.00644. The molecule has 2 aromatic heterocycles. The van der Waals surface area contributed by atoms with E-state index < -0.39 is 11.2 Å². The molecule has 1 aromatic carbocycles. The topological polar surface area (TPSA) is 79.6 Å². The molecule has 0 atom stereocenters. The predicted octanol–water partition coefficient (Wildman–Crippen LogP) is 3.62. The number of hydrogen-bond donors (Lipinski definition) is 1. The van der Waals surface area contributed by atoms with Crippen LogP contribution in [-0.4, -0.2) is 39.0 Å². The average Bonchev–Trinajstić information content (AvgIpc) is 3.33. The minimum atomic E-state index is -0.440. The van der Waals surface area contributed by atoms with E-state index in [0.29, 0.717) is 36.3 Å². The van der Waals surface area contributed by atoms with E-state index in [2.05, 4.69) is 15.4 Å². The molecule has 7 nitrogen and oxygen atoms in total. The van der Waals surface area contributed by atoms with Gasteiger partial charge in [-0.2, -0.15) is 5.10 Å². The van der Waals surface area contributed by atoms with Crippen LogP contribution < -0.4 is 10.2 Å². The van der Waals surface area contributed by atoms with Gasteiger partial charge in [-0.15, -0.1) is 0 Å². The smallest absolute Gasteiger partial charge is 0.256 e. The Kier molecular flexibility index (Phi) is 4.89. The summed E-state index contributed by atoms with van der Waals surface area (Å²) in [5, 5.41) is 7.48. The van der Waals surface area contributed by atoms with Crippen molar-refractivity contribution in [1.29, 1.82) is 0 Å². The fraction of sp³-hybridized carbons (Fsp3) is 0.364. The van der Waals surface area contributed by atoms with Crippen LogP contribution in [0.1, 0.15) is 42.5 Å². The third-order valence-electron chi connectivity index (χ3n) is 6.52. The highest BCUT2D eigenvalue weighted by Crippen LogP contribution is 2.47. The van der Waals surface area contributed by atoms with E-state index in [1.807, 2.05) is 0 Å². The van der Waals surface area contributed by atoms with Crippen molar-refractivity contribution in [2.45, 2.75) is 38.1 Å². The Balaban J connectivity index is 1.25. The SMILES string of the molecule is O=C(N[C@H]1CC[C@@]2(CCN(c3ccc(F)cc3Cl)C2=O)CC1)c1cnn2cccnc12. The molecular weight excluding hydrogens is 421 g/mol. The van der Waals surface area contributed by atoms with Gasteiger partial charge in [0.15, 0.2) is 5.65 Å². The molecule has 2 fully saturated rings. The lowest BCUT2D eigenvalue weighted by atomic mass is 9.71. The fourth-order valence-corrected chi connectivity index (χ4v) is 5.05. The molecule has 1 saturated heterocycles. The van der Waals surface area contributed by atoms with Gasteiger partial charge in [-0.05, 0) is 56.4 Å². The second kappa shape index (κ2) is 7.60. The molecule has 1 spiro atoms. The molecule has 2 amide bonds. The van der Waals surface area contributed by atoms with E-state index in [0.717, 1.165) is 19.3 Å². The summed E-state index contributed by atoms with van der Waals surface area (Å²) >= 11 is 6.18. The van der Waals surface area contributed by atoms with Crippen molar-refractivity contribution in [1.82, 2.24) is 19.9 Å². The first kappa shape index (κ1) is 19.9. The van der Waals surface area contributed by atoms with Gasteiger partial charge in [-0.3, -0.25) is 9.59 Å². The van der Waals surface area contributed by atoms with Crippen molar-refractivity contribution in [2.24, 2.45) is 5.41 Å². The number of nitrogens with zero attached hydrogens (tertiary/aromatic N) is 4. The van der Waals surface area contributed by atoms with E-state index >= 15 is 0 Å². The largest absolute Gasteiger partial charge is 0.349 e. The molecule has 3 aromatic rings. The van der Waals surface area contributed by atoms with Gasteiger partial charge >= 0.3 is 0 Å². The van der Waals surface area contributed by atoms with Crippen LogP contribution in [0, 0.1) is 11.2 Å². The van der Waals surface area contributed by atoms with Crippen LogP contribution in [0.2, 0.25) is 5.02 Å². The molecule has 31 heavy (non-hydrogen) atoms. The van der Waals surface area contributed by atoms with E-state index in [-0.39, 0.29) is 22.9 Å². The molecule has 1 aliphatic heterocycles. The summed E-state index contributed by atoms with van der Waals surface area (Å²) in [6.45, 7) is 0.565. The zero-order chi connectivity index (χ0) is 21.6. The first-order chi connectivity index (χ1) is 15.0. The highest BCUT2D eigenvalue weighted by molar-refractivity contribution is 6.34. The average molecular weight is 442 g/mol. The van der Waals surface area contributed by atoms with Crippen LogP contribution >= 0.6 is 11.6 Å². The predicted molar refractivity (Wildman–Crippen MR) is 114 cm³/mol. The van der Waals surface area contributed by atoms with Crippen LogP contribution in [0.4, 0.5) is 10.1 Å². The summed E-state index contributed by atoms with van der Waals surface area (Å²) < 4.78 is 15.0. The molecule has 160 valence electrons. The van der Waals surface area contributed by atoms with Gasteiger partial charge in [0.1, 0.15) is 11.4 Å². The van der Waals surface area contributed by atoms with Crippen molar-refractivity contribution in [3.05, 3.63) is 59.3 Å². The van der Waals surface area contributed by atoms with Crippen molar-refractivity contribution < 1.29 is 14.0 Å². The Hall–Kier alpha value is -3.00. The van der Waals surface area contributed by atoms with Crippen LogP contribution in [0.3, 0.4) is 0 Å². The standard InChI is InChI=1S/C22H21ClFN5O2/c23-17-12-14(24)2-3-18(17)28-11-8-22(21(28)31)6-4-15(5-7-22)27-20(30)16-13-26-29-10-1-9-25-19(16)29/h1-3,9-10,12-13,15H,4-8,11H2,(H,27,30)/t15-,22-. The number of carbonyl (C=O) groups excluding carboxylic acids is 2. The van der Waals surface area contributed by atoms with E-state index in [9.17, 15) is 14.0 Å². The van der Waals surface area contributed by atoms with Crippen LogP contribution in [-0.2, 0) is 4.79 Å². The van der Waals surface area contributed by atoms with Gasteiger partial charge in [0, 0.05) is 25.0 Å². The molecule has 0 radical (unpaired) electrons. The van der Waals surface area contributed by atoms with Gasteiger partial charge in [-0.1, -0.05) is 11.6 Å².